The Kier molecular flexibility index (Phi) is 5.66. The number of aryl methyl sites for hydroxylation is 2. The number of phenolic OH excluding ortho intramolecular Hbond substituents is 1. The fraction of sp³-hybridized carbons (Fsp3) is 0.143. The number of fused-ring (bicyclic) bond motifs is 3. The molecule has 0 spiro atoms. The van der Waals surface area contributed by atoms with Crippen LogP contribution in [-0.4, -0.2) is 9.67 Å². The Balaban J connectivity index is 1.62. The number of benzene rings is 3. The molecule has 0 amide bonds. The molecule has 0 saturated heterocycles. The van der Waals surface area contributed by atoms with Crippen LogP contribution in [0.4, 0.5) is 0 Å². The van der Waals surface area contributed by atoms with E-state index in [1.54, 1.807) is 12.1 Å². The molecule has 0 radical (unpaired) electrons. The molecule has 1 atom stereocenters. The number of hydrogen-bond acceptors (Lipinski definition) is 4. The van der Waals surface area contributed by atoms with E-state index in [9.17, 15) is 9.90 Å². The van der Waals surface area contributed by atoms with Gasteiger partial charge >= 0.3 is 0 Å². The number of allylic oxidation sites excluding steroid dienone is 1. The molecule has 0 saturated carbocycles. The highest BCUT2D eigenvalue weighted by molar-refractivity contribution is 9.11. The van der Waals surface area contributed by atoms with Crippen LogP contribution in [-0.2, 0) is 6.42 Å². The van der Waals surface area contributed by atoms with Crippen LogP contribution in [0.1, 0.15) is 40.3 Å². The molecular formula is C28H20Br2N2O2S. The summed E-state index contributed by atoms with van der Waals surface area (Å²) in [5, 5.41) is 10.1. The molecule has 0 bridgehead atoms. The molecule has 4 nitrogen and oxygen atoms in total. The minimum Gasteiger partial charge on any atom is -0.506 e. The molecule has 7 heteroatoms. The monoisotopic (exact) mass is 606 g/mol. The number of thiazole rings is 1. The predicted octanol–water partition coefficient (Wildman–Crippen LogP) is 5.86. The van der Waals surface area contributed by atoms with Crippen molar-refractivity contribution in [1.82, 2.24) is 4.57 Å². The van der Waals surface area contributed by atoms with Crippen LogP contribution < -0.4 is 14.9 Å². The van der Waals surface area contributed by atoms with Gasteiger partial charge in [0.25, 0.3) is 5.56 Å². The minimum absolute atomic E-state index is 0.0509. The summed E-state index contributed by atoms with van der Waals surface area (Å²) < 4.78 is 3.60. The summed E-state index contributed by atoms with van der Waals surface area (Å²) in [6.45, 7) is 2.07. The van der Waals surface area contributed by atoms with Crippen molar-refractivity contribution in [1.29, 1.82) is 0 Å². The molecule has 3 aromatic carbocycles. The Morgan fingerprint density at radius 3 is 2.51 bits per heavy atom. The van der Waals surface area contributed by atoms with E-state index < -0.39 is 0 Å². The lowest BCUT2D eigenvalue weighted by molar-refractivity contribution is 0.468. The van der Waals surface area contributed by atoms with Crippen molar-refractivity contribution in [2.75, 3.05) is 0 Å². The van der Waals surface area contributed by atoms with Crippen molar-refractivity contribution in [3.8, 4) is 5.75 Å². The number of aromatic hydroxyl groups is 1. The van der Waals surface area contributed by atoms with E-state index in [4.69, 9.17) is 4.99 Å². The second kappa shape index (κ2) is 8.73. The second-order valence-corrected chi connectivity index (χ2v) is 11.6. The average Bonchev–Trinajstić information content (AvgIpc) is 3.16. The standard InChI is InChI=1S/C28H20Br2N2O2S/c1-15-6-8-18(9-7-15)25-20-11-10-17-4-2-3-5-19(17)24(20)31-28-32(25)27(34)23(35-28)14-16-12-21(29)26(33)22(30)13-16/h2-9,12-14,25,33H,10-11H2,1H3. The van der Waals surface area contributed by atoms with Crippen LogP contribution in [0.2, 0.25) is 0 Å². The molecule has 1 aromatic heterocycles. The van der Waals surface area contributed by atoms with Gasteiger partial charge in [0, 0.05) is 5.56 Å². The SMILES string of the molecule is Cc1ccc(C2C3=C(N=c4sc(=Cc5cc(Br)c(O)c(Br)c5)c(=O)n42)c2ccccc2CC3)cc1. The molecule has 1 aliphatic carbocycles. The van der Waals surface area contributed by atoms with Crippen molar-refractivity contribution in [3.05, 3.63) is 123 Å². The van der Waals surface area contributed by atoms with Crippen molar-refractivity contribution >= 4 is 55.0 Å². The molecule has 6 rings (SSSR count). The van der Waals surface area contributed by atoms with Crippen molar-refractivity contribution in [2.24, 2.45) is 4.99 Å². The average molecular weight is 608 g/mol. The zero-order valence-corrected chi connectivity index (χ0v) is 22.7. The quantitative estimate of drug-likeness (QED) is 0.310. The number of hydrogen-bond donors (Lipinski definition) is 1. The van der Waals surface area contributed by atoms with Gasteiger partial charge in [0.1, 0.15) is 5.75 Å². The molecule has 0 fully saturated rings. The van der Waals surface area contributed by atoms with Crippen LogP contribution in [0, 0.1) is 6.92 Å². The lowest BCUT2D eigenvalue weighted by atomic mass is 9.83. The molecule has 1 unspecified atom stereocenters. The van der Waals surface area contributed by atoms with Gasteiger partial charge in [-0.05, 0) is 92.1 Å². The fourth-order valence-electron chi connectivity index (χ4n) is 4.89. The Labute approximate surface area is 222 Å². The highest BCUT2D eigenvalue weighted by Gasteiger charge is 2.32. The first-order valence-electron chi connectivity index (χ1n) is 11.3. The molecule has 2 aliphatic rings. The smallest absolute Gasteiger partial charge is 0.271 e. The maximum absolute atomic E-state index is 13.8. The number of phenols is 1. The molecular weight excluding hydrogens is 588 g/mol. The lowest BCUT2D eigenvalue weighted by Crippen LogP contribution is -2.38. The van der Waals surface area contributed by atoms with Gasteiger partial charge in [0.15, 0.2) is 4.80 Å². The molecule has 1 aliphatic heterocycles. The van der Waals surface area contributed by atoms with Gasteiger partial charge in [-0.1, -0.05) is 65.4 Å². The normalized spacial score (nSPS) is 17.0. The first-order chi connectivity index (χ1) is 16.9. The van der Waals surface area contributed by atoms with E-state index in [1.165, 1.54) is 28.0 Å². The van der Waals surface area contributed by atoms with E-state index in [1.807, 2.05) is 10.6 Å². The summed E-state index contributed by atoms with van der Waals surface area (Å²) in [6.07, 6.45) is 3.67. The number of aromatic nitrogens is 1. The Hall–Kier alpha value is -2.74. The Morgan fingerprint density at radius 1 is 1.06 bits per heavy atom. The van der Waals surface area contributed by atoms with Crippen molar-refractivity contribution in [2.45, 2.75) is 25.8 Å². The van der Waals surface area contributed by atoms with Crippen LogP contribution in [0.25, 0.3) is 11.8 Å². The summed E-state index contributed by atoms with van der Waals surface area (Å²) in [6, 6.07) is 20.3. The third-order valence-electron chi connectivity index (χ3n) is 6.60. The van der Waals surface area contributed by atoms with Gasteiger partial charge in [-0.3, -0.25) is 9.36 Å². The largest absolute Gasteiger partial charge is 0.506 e. The minimum atomic E-state index is -0.185. The van der Waals surface area contributed by atoms with Gasteiger partial charge in [0.05, 0.1) is 25.2 Å². The van der Waals surface area contributed by atoms with E-state index in [2.05, 4.69) is 87.3 Å². The topological polar surface area (TPSA) is 54.6 Å². The highest BCUT2D eigenvalue weighted by atomic mass is 79.9. The summed E-state index contributed by atoms with van der Waals surface area (Å²) in [5.74, 6) is 0.134. The van der Waals surface area contributed by atoms with Crippen LogP contribution in [0.5, 0.6) is 5.75 Å². The summed E-state index contributed by atoms with van der Waals surface area (Å²) in [5.41, 5.74) is 7.71. The molecule has 1 N–H and O–H groups in total. The second-order valence-electron chi connectivity index (χ2n) is 8.86. The Bertz CT molecular complexity index is 1690. The first-order valence-corrected chi connectivity index (χ1v) is 13.7. The van der Waals surface area contributed by atoms with Crippen molar-refractivity contribution < 1.29 is 5.11 Å². The molecule has 35 heavy (non-hydrogen) atoms. The number of nitrogens with zero attached hydrogens (tertiary/aromatic N) is 2. The Morgan fingerprint density at radius 2 is 1.77 bits per heavy atom. The first kappa shape index (κ1) is 22.7. The fourth-order valence-corrected chi connectivity index (χ4v) is 7.11. The maximum Gasteiger partial charge on any atom is 0.271 e. The van der Waals surface area contributed by atoms with Gasteiger partial charge in [-0.25, -0.2) is 4.99 Å². The third kappa shape index (κ3) is 3.86. The van der Waals surface area contributed by atoms with E-state index in [-0.39, 0.29) is 17.4 Å². The lowest BCUT2D eigenvalue weighted by Gasteiger charge is -2.30. The summed E-state index contributed by atoms with van der Waals surface area (Å²) in [7, 11) is 0. The van der Waals surface area contributed by atoms with Gasteiger partial charge < -0.3 is 5.11 Å². The molecule has 2 heterocycles. The number of halogens is 2. The molecule has 4 aromatic rings. The summed E-state index contributed by atoms with van der Waals surface area (Å²) in [4.78, 5) is 19.6. The third-order valence-corrected chi connectivity index (χ3v) is 8.79. The summed E-state index contributed by atoms with van der Waals surface area (Å²) >= 11 is 8.17. The number of rotatable bonds is 2. The van der Waals surface area contributed by atoms with Crippen LogP contribution >= 0.6 is 43.2 Å². The molecule has 174 valence electrons. The van der Waals surface area contributed by atoms with Crippen molar-refractivity contribution in [3.63, 3.8) is 0 Å². The zero-order valence-electron chi connectivity index (χ0n) is 18.8. The van der Waals surface area contributed by atoms with E-state index in [0.717, 1.165) is 35.2 Å². The van der Waals surface area contributed by atoms with E-state index >= 15 is 0 Å². The van der Waals surface area contributed by atoms with Gasteiger partial charge in [-0.15, -0.1) is 0 Å². The highest BCUT2D eigenvalue weighted by Crippen LogP contribution is 2.41. The zero-order chi connectivity index (χ0) is 24.3. The van der Waals surface area contributed by atoms with Crippen LogP contribution in [0.3, 0.4) is 0 Å². The van der Waals surface area contributed by atoms with Gasteiger partial charge in [0.2, 0.25) is 0 Å². The van der Waals surface area contributed by atoms with Gasteiger partial charge in [-0.2, -0.15) is 0 Å². The van der Waals surface area contributed by atoms with Crippen LogP contribution in [0.15, 0.2) is 85.0 Å². The predicted molar refractivity (Wildman–Crippen MR) is 147 cm³/mol. The van der Waals surface area contributed by atoms with E-state index in [0.29, 0.717) is 18.3 Å². The maximum atomic E-state index is 13.8.